The number of aryl methyl sites for hydroxylation is 1. The van der Waals surface area contributed by atoms with Gasteiger partial charge in [-0.1, -0.05) is 18.2 Å². The number of fused-ring (bicyclic) bond motifs is 1. The standard InChI is InChI=1S/C17H17N3/c1-12-11-19-8-7-14(12)16(18)10-13-6-9-20-17-5-3-2-4-15(13)17/h2-9,11,16H,10,18H2,1H3. The number of hydrogen-bond donors (Lipinski definition) is 1. The highest BCUT2D eigenvalue weighted by molar-refractivity contribution is 5.81. The number of pyridine rings is 2. The highest BCUT2D eigenvalue weighted by Crippen LogP contribution is 2.23. The topological polar surface area (TPSA) is 51.8 Å². The van der Waals surface area contributed by atoms with Gasteiger partial charge in [-0.15, -0.1) is 0 Å². The number of benzene rings is 1. The smallest absolute Gasteiger partial charge is 0.0704 e. The lowest BCUT2D eigenvalue weighted by molar-refractivity contribution is 0.717. The van der Waals surface area contributed by atoms with Crippen LogP contribution in [0.25, 0.3) is 10.9 Å². The Hall–Kier alpha value is -2.26. The predicted molar refractivity (Wildman–Crippen MR) is 81.3 cm³/mol. The van der Waals surface area contributed by atoms with E-state index in [1.165, 1.54) is 10.9 Å². The summed E-state index contributed by atoms with van der Waals surface area (Å²) in [6.45, 7) is 2.05. The van der Waals surface area contributed by atoms with Crippen LogP contribution in [0.5, 0.6) is 0 Å². The van der Waals surface area contributed by atoms with E-state index in [1.807, 2.05) is 43.6 Å². The van der Waals surface area contributed by atoms with Crippen LogP contribution in [-0.2, 0) is 6.42 Å². The molecule has 0 saturated carbocycles. The van der Waals surface area contributed by atoms with Gasteiger partial charge in [-0.3, -0.25) is 9.97 Å². The maximum atomic E-state index is 6.37. The fourth-order valence-corrected chi connectivity index (χ4v) is 2.58. The summed E-state index contributed by atoms with van der Waals surface area (Å²) < 4.78 is 0. The number of aromatic nitrogens is 2. The highest BCUT2D eigenvalue weighted by atomic mass is 14.7. The zero-order chi connectivity index (χ0) is 13.9. The van der Waals surface area contributed by atoms with Crippen molar-refractivity contribution in [2.75, 3.05) is 0 Å². The van der Waals surface area contributed by atoms with Crippen molar-refractivity contribution in [3.8, 4) is 0 Å². The molecule has 2 N–H and O–H groups in total. The number of rotatable bonds is 3. The molecule has 100 valence electrons. The van der Waals surface area contributed by atoms with Crippen molar-refractivity contribution >= 4 is 10.9 Å². The molecule has 3 nitrogen and oxygen atoms in total. The molecule has 0 amide bonds. The van der Waals surface area contributed by atoms with Crippen LogP contribution >= 0.6 is 0 Å². The summed E-state index contributed by atoms with van der Waals surface area (Å²) in [5, 5.41) is 1.18. The lowest BCUT2D eigenvalue weighted by Gasteiger charge is -2.15. The van der Waals surface area contributed by atoms with Crippen LogP contribution in [0.4, 0.5) is 0 Å². The molecule has 0 spiro atoms. The molecule has 20 heavy (non-hydrogen) atoms. The van der Waals surface area contributed by atoms with Gasteiger partial charge in [0.1, 0.15) is 0 Å². The molecule has 0 bridgehead atoms. The summed E-state index contributed by atoms with van der Waals surface area (Å²) in [7, 11) is 0. The van der Waals surface area contributed by atoms with Gasteiger partial charge in [-0.05, 0) is 48.2 Å². The molecule has 0 aliphatic carbocycles. The second-order valence-electron chi connectivity index (χ2n) is 5.03. The van der Waals surface area contributed by atoms with E-state index in [-0.39, 0.29) is 6.04 Å². The minimum atomic E-state index is -0.0243. The van der Waals surface area contributed by atoms with Crippen LogP contribution < -0.4 is 5.73 Å². The number of nitrogens with two attached hydrogens (primary N) is 1. The van der Waals surface area contributed by atoms with E-state index in [2.05, 4.69) is 22.1 Å². The van der Waals surface area contributed by atoms with Gasteiger partial charge in [0.25, 0.3) is 0 Å². The monoisotopic (exact) mass is 263 g/mol. The van der Waals surface area contributed by atoms with Crippen molar-refractivity contribution < 1.29 is 0 Å². The molecule has 0 aliphatic rings. The molecule has 2 aromatic heterocycles. The van der Waals surface area contributed by atoms with Crippen LogP contribution in [0.15, 0.2) is 55.0 Å². The third-order valence-corrected chi connectivity index (χ3v) is 3.64. The molecule has 1 aromatic carbocycles. The van der Waals surface area contributed by atoms with E-state index in [9.17, 15) is 0 Å². The molecule has 3 heteroatoms. The summed E-state index contributed by atoms with van der Waals surface area (Å²) in [4.78, 5) is 8.51. The molecule has 0 fully saturated rings. The van der Waals surface area contributed by atoms with Crippen molar-refractivity contribution in [2.45, 2.75) is 19.4 Å². The van der Waals surface area contributed by atoms with Gasteiger partial charge in [-0.25, -0.2) is 0 Å². The first-order valence-corrected chi connectivity index (χ1v) is 6.74. The average Bonchev–Trinajstić information content (AvgIpc) is 2.48. The largest absolute Gasteiger partial charge is 0.324 e. The molecule has 1 atom stereocenters. The maximum Gasteiger partial charge on any atom is 0.0704 e. The van der Waals surface area contributed by atoms with Gasteiger partial charge in [0.15, 0.2) is 0 Å². The Morgan fingerprint density at radius 3 is 2.80 bits per heavy atom. The Labute approximate surface area is 118 Å². The van der Waals surface area contributed by atoms with E-state index in [4.69, 9.17) is 5.73 Å². The van der Waals surface area contributed by atoms with Gasteiger partial charge < -0.3 is 5.73 Å². The summed E-state index contributed by atoms with van der Waals surface area (Å²) in [5.41, 5.74) is 10.9. The number of para-hydroxylation sites is 1. The number of nitrogens with zero attached hydrogens (tertiary/aromatic N) is 2. The Kier molecular flexibility index (Phi) is 3.44. The first kappa shape index (κ1) is 12.8. The Balaban J connectivity index is 1.96. The summed E-state index contributed by atoms with van der Waals surface area (Å²) in [6, 6.07) is 12.2. The first-order valence-electron chi connectivity index (χ1n) is 6.74. The predicted octanol–water partition coefficient (Wildman–Crippen LogP) is 3.18. The Bertz CT molecular complexity index is 732. The maximum absolute atomic E-state index is 6.37. The van der Waals surface area contributed by atoms with E-state index >= 15 is 0 Å². The first-order chi connectivity index (χ1) is 9.75. The van der Waals surface area contributed by atoms with Crippen LogP contribution in [0.1, 0.15) is 22.7 Å². The lowest BCUT2D eigenvalue weighted by Crippen LogP contribution is -2.15. The van der Waals surface area contributed by atoms with Gasteiger partial charge in [0.05, 0.1) is 5.52 Å². The van der Waals surface area contributed by atoms with Crippen LogP contribution in [0.3, 0.4) is 0 Å². The average molecular weight is 263 g/mol. The van der Waals surface area contributed by atoms with Crippen molar-refractivity contribution in [1.29, 1.82) is 0 Å². The molecule has 0 aliphatic heterocycles. The SMILES string of the molecule is Cc1cnccc1C(N)Cc1ccnc2ccccc12. The zero-order valence-corrected chi connectivity index (χ0v) is 11.5. The molecule has 1 unspecified atom stereocenters. The molecule has 3 rings (SSSR count). The molecular formula is C17H17N3. The minimum Gasteiger partial charge on any atom is -0.324 e. The fourth-order valence-electron chi connectivity index (χ4n) is 2.58. The molecule has 2 heterocycles. The number of hydrogen-bond acceptors (Lipinski definition) is 3. The zero-order valence-electron chi connectivity index (χ0n) is 11.5. The Morgan fingerprint density at radius 2 is 1.95 bits per heavy atom. The van der Waals surface area contributed by atoms with Gasteiger partial charge in [0, 0.05) is 30.0 Å². The van der Waals surface area contributed by atoms with Gasteiger partial charge in [-0.2, -0.15) is 0 Å². The quantitative estimate of drug-likeness (QED) is 0.789. The van der Waals surface area contributed by atoms with E-state index in [0.29, 0.717) is 0 Å². The molecule has 0 radical (unpaired) electrons. The van der Waals surface area contributed by atoms with Crippen molar-refractivity contribution in [1.82, 2.24) is 9.97 Å². The second-order valence-corrected chi connectivity index (χ2v) is 5.03. The van der Waals surface area contributed by atoms with Crippen LogP contribution in [0, 0.1) is 6.92 Å². The third-order valence-electron chi connectivity index (χ3n) is 3.64. The summed E-state index contributed by atoms with van der Waals surface area (Å²) >= 11 is 0. The lowest BCUT2D eigenvalue weighted by atomic mass is 9.96. The normalized spacial score (nSPS) is 12.5. The van der Waals surface area contributed by atoms with Gasteiger partial charge >= 0.3 is 0 Å². The van der Waals surface area contributed by atoms with E-state index < -0.39 is 0 Å². The fraction of sp³-hybridized carbons (Fsp3) is 0.176. The minimum absolute atomic E-state index is 0.0243. The summed E-state index contributed by atoms with van der Waals surface area (Å²) in [6.07, 6.45) is 6.31. The molecular weight excluding hydrogens is 246 g/mol. The highest BCUT2D eigenvalue weighted by Gasteiger charge is 2.11. The molecule has 3 aromatic rings. The van der Waals surface area contributed by atoms with Crippen molar-refractivity contribution in [2.24, 2.45) is 5.73 Å². The van der Waals surface area contributed by atoms with E-state index in [1.54, 1.807) is 6.20 Å². The second kappa shape index (κ2) is 5.39. The summed E-state index contributed by atoms with van der Waals surface area (Å²) in [5.74, 6) is 0. The van der Waals surface area contributed by atoms with Gasteiger partial charge in [0.2, 0.25) is 0 Å². The molecule has 0 saturated heterocycles. The van der Waals surface area contributed by atoms with E-state index in [0.717, 1.165) is 23.1 Å². The third kappa shape index (κ3) is 2.40. The van der Waals surface area contributed by atoms with Crippen molar-refractivity contribution in [3.63, 3.8) is 0 Å². The van der Waals surface area contributed by atoms with Crippen LogP contribution in [-0.4, -0.2) is 9.97 Å². The van der Waals surface area contributed by atoms with Crippen LogP contribution in [0.2, 0.25) is 0 Å². The van der Waals surface area contributed by atoms with Crippen molar-refractivity contribution in [3.05, 3.63) is 71.7 Å². The Morgan fingerprint density at radius 1 is 1.10 bits per heavy atom.